The first-order chi connectivity index (χ1) is 7.31. The van der Waals surface area contributed by atoms with E-state index in [1.54, 1.807) is 0 Å². The number of carboxylic acids is 1. The van der Waals surface area contributed by atoms with Crippen LogP contribution in [-0.4, -0.2) is 34.7 Å². The van der Waals surface area contributed by atoms with Crippen LogP contribution in [0.3, 0.4) is 0 Å². The summed E-state index contributed by atoms with van der Waals surface area (Å²) in [4.78, 5) is 26.8. The molecular formula is C11H19NO4. The van der Waals surface area contributed by atoms with Crippen LogP contribution in [0.15, 0.2) is 0 Å². The second kappa shape index (κ2) is 4.82. The lowest BCUT2D eigenvalue weighted by molar-refractivity contribution is -0.223. The number of aliphatic carboxylic acids is 1. The van der Waals surface area contributed by atoms with Gasteiger partial charge in [-0.3, -0.25) is 14.4 Å². The third-order valence-corrected chi connectivity index (χ3v) is 2.53. The standard InChI is InChI=1S/C11H19NO4/c1-11(2,3)16-12(7-13)6-8-4-9(5-8)10(14)15/h7-9H,4-6H2,1-3H3,(H,14,15). The minimum Gasteiger partial charge on any atom is -0.481 e. The van der Waals surface area contributed by atoms with Gasteiger partial charge in [-0.05, 0) is 39.5 Å². The molecule has 5 heteroatoms. The predicted octanol–water partition coefficient (Wildman–Crippen LogP) is 1.29. The van der Waals surface area contributed by atoms with Gasteiger partial charge in [0.25, 0.3) is 0 Å². The number of carbonyl (C=O) groups is 2. The molecule has 1 amide bonds. The minimum atomic E-state index is -0.745. The molecule has 0 aromatic carbocycles. The Morgan fingerprint density at radius 2 is 2.06 bits per heavy atom. The molecule has 92 valence electrons. The summed E-state index contributed by atoms with van der Waals surface area (Å²) in [7, 11) is 0. The van der Waals surface area contributed by atoms with Gasteiger partial charge in [0.2, 0.25) is 6.41 Å². The minimum absolute atomic E-state index is 0.242. The summed E-state index contributed by atoms with van der Waals surface area (Å²) in [5.41, 5.74) is -0.406. The fourth-order valence-corrected chi connectivity index (χ4v) is 1.79. The van der Waals surface area contributed by atoms with Crippen molar-refractivity contribution in [3.63, 3.8) is 0 Å². The molecular weight excluding hydrogens is 210 g/mol. The number of amides is 1. The van der Waals surface area contributed by atoms with Crippen LogP contribution < -0.4 is 0 Å². The van der Waals surface area contributed by atoms with Crippen LogP contribution in [0.1, 0.15) is 33.6 Å². The topological polar surface area (TPSA) is 66.8 Å². The van der Waals surface area contributed by atoms with E-state index in [-0.39, 0.29) is 11.8 Å². The molecule has 1 rings (SSSR count). The van der Waals surface area contributed by atoms with Gasteiger partial charge in [-0.15, -0.1) is 0 Å². The molecule has 0 radical (unpaired) electrons. The molecule has 1 saturated carbocycles. The van der Waals surface area contributed by atoms with Crippen LogP contribution in [-0.2, 0) is 14.4 Å². The monoisotopic (exact) mass is 229 g/mol. The zero-order valence-corrected chi connectivity index (χ0v) is 9.97. The zero-order valence-electron chi connectivity index (χ0n) is 9.97. The Bertz CT molecular complexity index is 266. The highest BCUT2D eigenvalue weighted by atomic mass is 16.7. The highest BCUT2D eigenvalue weighted by Gasteiger charge is 2.35. The van der Waals surface area contributed by atoms with E-state index in [9.17, 15) is 9.59 Å². The van der Waals surface area contributed by atoms with Gasteiger partial charge in [0.15, 0.2) is 0 Å². The van der Waals surface area contributed by atoms with Crippen molar-refractivity contribution in [2.45, 2.75) is 39.2 Å². The Kier molecular flexibility index (Phi) is 3.91. The van der Waals surface area contributed by atoms with Gasteiger partial charge in [0, 0.05) is 0 Å². The number of carbonyl (C=O) groups excluding carboxylic acids is 1. The lowest BCUT2D eigenvalue weighted by Crippen LogP contribution is -2.41. The summed E-state index contributed by atoms with van der Waals surface area (Å²) in [6.07, 6.45) is 1.92. The van der Waals surface area contributed by atoms with Crippen LogP contribution in [0.2, 0.25) is 0 Å². The van der Waals surface area contributed by atoms with Gasteiger partial charge in [0.1, 0.15) is 0 Å². The van der Waals surface area contributed by atoms with Crippen LogP contribution in [0, 0.1) is 11.8 Å². The molecule has 0 aromatic heterocycles. The van der Waals surface area contributed by atoms with E-state index in [0.29, 0.717) is 25.8 Å². The molecule has 16 heavy (non-hydrogen) atoms. The van der Waals surface area contributed by atoms with E-state index >= 15 is 0 Å². The summed E-state index contributed by atoms with van der Waals surface area (Å²) >= 11 is 0. The third-order valence-electron chi connectivity index (χ3n) is 2.53. The van der Waals surface area contributed by atoms with Crippen LogP contribution >= 0.6 is 0 Å². The summed E-state index contributed by atoms with van der Waals surface area (Å²) in [5, 5.41) is 9.98. The van der Waals surface area contributed by atoms with Crippen molar-refractivity contribution in [2.24, 2.45) is 11.8 Å². The Morgan fingerprint density at radius 3 is 2.44 bits per heavy atom. The van der Waals surface area contributed by atoms with Crippen molar-refractivity contribution in [1.82, 2.24) is 5.06 Å². The molecule has 1 aliphatic carbocycles. The maximum atomic E-state index is 10.8. The van der Waals surface area contributed by atoms with E-state index in [0.717, 1.165) is 0 Å². The molecule has 0 bridgehead atoms. The Morgan fingerprint density at radius 1 is 1.50 bits per heavy atom. The first-order valence-corrected chi connectivity index (χ1v) is 5.45. The van der Waals surface area contributed by atoms with Crippen LogP contribution in [0.4, 0.5) is 0 Å². The normalized spacial score (nSPS) is 24.7. The highest BCUT2D eigenvalue weighted by molar-refractivity contribution is 5.71. The number of hydrogen-bond acceptors (Lipinski definition) is 3. The lowest BCUT2D eigenvalue weighted by Gasteiger charge is -2.36. The van der Waals surface area contributed by atoms with E-state index in [1.807, 2.05) is 20.8 Å². The molecule has 1 N–H and O–H groups in total. The molecule has 0 unspecified atom stereocenters. The molecule has 0 spiro atoms. The number of hydrogen-bond donors (Lipinski definition) is 1. The van der Waals surface area contributed by atoms with E-state index in [2.05, 4.69) is 0 Å². The quantitative estimate of drug-likeness (QED) is 0.569. The second-order valence-electron chi connectivity index (χ2n) is 5.28. The van der Waals surface area contributed by atoms with Crippen molar-refractivity contribution in [3.8, 4) is 0 Å². The fourth-order valence-electron chi connectivity index (χ4n) is 1.79. The zero-order chi connectivity index (χ0) is 12.3. The van der Waals surface area contributed by atoms with Gasteiger partial charge in [-0.1, -0.05) is 0 Å². The predicted molar refractivity (Wildman–Crippen MR) is 57.5 cm³/mol. The number of carboxylic acid groups (broad SMARTS) is 1. The third kappa shape index (κ3) is 3.81. The Hall–Kier alpha value is -1.10. The molecule has 0 heterocycles. The highest BCUT2D eigenvalue weighted by Crippen LogP contribution is 2.34. The first kappa shape index (κ1) is 13.0. The maximum Gasteiger partial charge on any atom is 0.306 e. The van der Waals surface area contributed by atoms with Gasteiger partial charge in [-0.2, -0.15) is 0 Å². The van der Waals surface area contributed by atoms with Gasteiger partial charge in [0.05, 0.1) is 18.1 Å². The summed E-state index contributed by atoms with van der Waals surface area (Å²) < 4.78 is 0. The second-order valence-corrected chi connectivity index (χ2v) is 5.28. The number of rotatable bonds is 5. The molecule has 5 nitrogen and oxygen atoms in total. The van der Waals surface area contributed by atoms with Crippen molar-refractivity contribution in [3.05, 3.63) is 0 Å². The molecule has 1 aliphatic rings. The molecule has 0 aliphatic heterocycles. The van der Waals surface area contributed by atoms with Gasteiger partial charge in [-0.25, -0.2) is 5.06 Å². The SMILES string of the molecule is CC(C)(C)ON(C=O)CC1CC(C(=O)O)C1. The van der Waals surface area contributed by atoms with Crippen molar-refractivity contribution in [2.75, 3.05) is 6.54 Å². The summed E-state index contributed by atoms with van der Waals surface area (Å²) in [5.74, 6) is -0.743. The van der Waals surface area contributed by atoms with E-state index < -0.39 is 11.6 Å². The van der Waals surface area contributed by atoms with Crippen LogP contribution in [0.25, 0.3) is 0 Å². The molecule has 1 fully saturated rings. The average molecular weight is 229 g/mol. The number of hydroxylamine groups is 2. The first-order valence-electron chi connectivity index (χ1n) is 5.45. The Balaban J connectivity index is 2.31. The maximum absolute atomic E-state index is 10.8. The number of nitrogens with zero attached hydrogens (tertiary/aromatic N) is 1. The summed E-state index contributed by atoms with van der Waals surface area (Å²) in [6, 6.07) is 0. The lowest BCUT2D eigenvalue weighted by atomic mass is 9.75. The fraction of sp³-hybridized carbons (Fsp3) is 0.818. The molecule has 0 aromatic rings. The molecule has 0 atom stereocenters. The van der Waals surface area contributed by atoms with Crippen molar-refractivity contribution >= 4 is 12.4 Å². The summed E-state index contributed by atoms with van der Waals surface area (Å²) in [6.45, 7) is 6.07. The van der Waals surface area contributed by atoms with E-state index in [1.165, 1.54) is 5.06 Å². The van der Waals surface area contributed by atoms with Crippen molar-refractivity contribution in [1.29, 1.82) is 0 Å². The Labute approximate surface area is 95.3 Å². The average Bonchev–Trinajstić information content (AvgIpc) is 2.05. The molecule has 0 saturated heterocycles. The van der Waals surface area contributed by atoms with Gasteiger partial charge >= 0.3 is 5.97 Å². The largest absolute Gasteiger partial charge is 0.481 e. The van der Waals surface area contributed by atoms with E-state index in [4.69, 9.17) is 9.94 Å². The van der Waals surface area contributed by atoms with Gasteiger partial charge < -0.3 is 5.11 Å². The van der Waals surface area contributed by atoms with Crippen LogP contribution in [0.5, 0.6) is 0 Å². The smallest absolute Gasteiger partial charge is 0.306 e. The van der Waals surface area contributed by atoms with Crippen molar-refractivity contribution < 1.29 is 19.5 Å².